The largest absolute Gasteiger partial charge is 0.469 e. The molecule has 4 heteroatoms. The summed E-state index contributed by atoms with van der Waals surface area (Å²) < 4.78 is 5.25. The number of amides is 1. The van der Waals surface area contributed by atoms with Crippen LogP contribution in [0.4, 0.5) is 0 Å². The molecule has 3 heterocycles. The van der Waals surface area contributed by atoms with E-state index in [0.717, 1.165) is 31.8 Å². The van der Waals surface area contributed by atoms with Gasteiger partial charge in [-0.15, -0.1) is 0 Å². The van der Waals surface area contributed by atoms with Crippen molar-refractivity contribution in [2.45, 2.75) is 25.3 Å². The van der Waals surface area contributed by atoms with Crippen molar-refractivity contribution in [2.24, 2.45) is 5.92 Å². The molecule has 1 aromatic heterocycles. The van der Waals surface area contributed by atoms with Gasteiger partial charge in [0.05, 0.1) is 6.26 Å². The molecule has 92 valence electrons. The Morgan fingerprint density at radius 1 is 1.53 bits per heavy atom. The zero-order valence-corrected chi connectivity index (χ0v) is 9.89. The lowest BCUT2D eigenvalue weighted by molar-refractivity contribution is -0.132. The van der Waals surface area contributed by atoms with Crippen LogP contribution in [0.5, 0.6) is 0 Å². The van der Waals surface area contributed by atoms with Crippen LogP contribution in [0, 0.1) is 5.92 Å². The van der Waals surface area contributed by atoms with Gasteiger partial charge in [-0.2, -0.15) is 0 Å². The van der Waals surface area contributed by atoms with Gasteiger partial charge in [-0.25, -0.2) is 0 Å². The highest BCUT2D eigenvalue weighted by Gasteiger charge is 2.39. The topological polar surface area (TPSA) is 45.5 Å². The Hall–Kier alpha value is -1.29. The van der Waals surface area contributed by atoms with E-state index in [1.807, 2.05) is 12.1 Å². The summed E-state index contributed by atoms with van der Waals surface area (Å²) in [6, 6.07) is 4.24. The summed E-state index contributed by atoms with van der Waals surface area (Å²) >= 11 is 0. The minimum atomic E-state index is 0.276. The molecule has 0 aliphatic carbocycles. The zero-order valence-electron chi connectivity index (χ0n) is 9.89. The molecule has 3 rings (SSSR count). The number of nitrogens with zero attached hydrogens (tertiary/aromatic N) is 1. The molecule has 17 heavy (non-hydrogen) atoms. The number of carbonyl (C=O) groups excluding carboxylic acids is 1. The molecule has 4 nitrogen and oxygen atoms in total. The number of carbonyl (C=O) groups is 1. The fourth-order valence-electron chi connectivity index (χ4n) is 2.99. The maximum Gasteiger partial charge on any atom is 0.223 e. The third kappa shape index (κ3) is 2.09. The van der Waals surface area contributed by atoms with E-state index < -0.39 is 0 Å². The number of fused-ring (bicyclic) bond motifs is 1. The quantitative estimate of drug-likeness (QED) is 0.849. The van der Waals surface area contributed by atoms with Crippen molar-refractivity contribution in [2.75, 3.05) is 19.6 Å². The Balaban J connectivity index is 1.55. The van der Waals surface area contributed by atoms with Gasteiger partial charge in [-0.05, 0) is 24.5 Å². The number of hydrogen-bond donors (Lipinski definition) is 1. The minimum absolute atomic E-state index is 0.276. The van der Waals surface area contributed by atoms with Gasteiger partial charge in [0.2, 0.25) is 5.91 Å². The van der Waals surface area contributed by atoms with Crippen molar-refractivity contribution >= 4 is 5.91 Å². The zero-order chi connectivity index (χ0) is 11.7. The van der Waals surface area contributed by atoms with E-state index in [1.54, 1.807) is 6.26 Å². The van der Waals surface area contributed by atoms with Gasteiger partial charge in [-0.3, -0.25) is 4.79 Å². The molecular weight excluding hydrogens is 216 g/mol. The van der Waals surface area contributed by atoms with Crippen LogP contribution >= 0.6 is 0 Å². The number of furan rings is 1. The van der Waals surface area contributed by atoms with Crippen molar-refractivity contribution in [3.8, 4) is 0 Å². The monoisotopic (exact) mass is 234 g/mol. The van der Waals surface area contributed by atoms with Crippen molar-refractivity contribution in [1.82, 2.24) is 10.2 Å². The first-order chi connectivity index (χ1) is 8.34. The third-order valence-electron chi connectivity index (χ3n) is 3.93. The first-order valence-corrected chi connectivity index (χ1v) is 6.37. The van der Waals surface area contributed by atoms with E-state index in [9.17, 15) is 4.79 Å². The van der Waals surface area contributed by atoms with E-state index in [1.165, 1.54) is 0 Å². The predicted molar refractivity (Wildman–Crippen MR) is 63.5 cm³/mol. The molecule has 0 saturated carbocycles. The molecule has 2 aliphatic rings. The number of aryl methyl sites for hydroxylation is 1. The first-order valence-electron chi connectivity index (χ1n) is 6.37. The van der Waals surface area contributed by atoms with Gasteiger partial charge >= 0.3 is 0 Å². The van der Waals surface area contributed by atoms with E-state index >= 15 is 0 Å². The Labute approximate surface area is 101 Å². The average Bonchev–Trinajstić information content (AvgIpc) is 3.02. The Morgan fingerprint density at radius 3 is 3.29 bits per heavy atom. The summed E-state index contributed by atoms with van der Waals surface area (Å²) in [4.78, 5) is 14.2. The van der Waals surface area contributed by atoms with Crippen LogP contribution in [0.3, 0.4) is 0 Å². The standard InChI is InChI=1S/C13H18N2O2/c16-13(4-3-11-2-1-7-17-11)15-6-5-10-8-14-9-12(10)15/h1-2,7,10,12,14H,3-6,8-9H2/t10-,12+/m1/s1. The van der Waals surface area contributed by atoms with Crippen LogP contribution in [0.25, 0.3) is 0 Å². The van der Waals surface area contributed by atoms with Gasteiger partial charge in [0.15, 0.2) is 0 Å². The Morgan fingerprint density at radius 2 is 2.47 bits per heavy atom. The molecule has 0 bridgehead atoms. The highest BCUT2D eigenvalue weighted by Crippen LogP contribution is 2.27. The number of nitrogens with one attached hydrogen (secondary N) is 1. The second-order valence-electron chi connectivity index (χ2n) is 4.94. The fourth-order valence-corrected chi connectivity index (χ4v) is 2.99. The number of rotatable bonds is 3. The molecule has 0 spiro atoms. The summed E-state index contributed by atoms with van der Waals surface area (Å²) in [5, 5.41) is 3.37. The molecule has 1 N–H and O–H groups in total. The molecule has 0 aromatic carbocycles. The molecule has 0 unspecified atom stereocenters. The first kappa shape index (κ1) is 10.8. The van der Waals surface area contributed by atoms with Crippen LogP contribution in [-0.4, -0.2) is 36.5 Å². The molecule has 0 radical (unpaired) electrons. The van der Waals surface area contributed by atoms with Crippen LogP contribution in [0.1, 0.15) is 18.6 Å². The lowest BCUT2D eigenvalue weighted by Gasteiger charge is -2.23. The van der Waals surface area contributed by atoms with Crippen molar-refractivity contribution in [3.05, 3.63) is 24.2 Å². The van der Waals surface area contributed by atoms with Crippen LogP contribution < -0.4 is 5.32 Å². The minimum Gasteiger partial charge on any atom is -0.469 e. The molecule has 2 fully saturated rings. The summed E-state index contributed by atoms with van der Waals surface area (Å²) in [6.07, 6.45) is 4.10. The maximum atomic E-state index is 12.1. The lowest BCUT2D eigenvalue weighted by atomic mass is 10.1. The summed E-state index contributed by atoms with van der Waals surface area (Å²) in [5.74, 6) is 1.86. The molecule has 2 aliphatic heterocycles. The van der Waals surface area contributed by atoms with Crippen molar-refractivity contribution < 1.29 is 9.21 Å². The highest BCUT2D eigenvalue weighted by atomic mass is 16.3. The third-order valence-corrected chi connectivity index (χ3v) is 3.93. The summed E-state index contributed by atoms with van der Waals surface area (Å²) in [5.41, 5.74) is 0. The van der Waals surface area contributed by atoms with E-state index in [-0.39, 0.29) is 5.91 Å². The SMILES string of the molecule is O=C(CCc1ccco1)N1CC[C@@H]2CNC[C@@H]21. The van der Waals surface area contributed by atoms with Crippen LogP contribution in [-0.2, 0) is 11.2 Å². The molecule has 1 amide bonds. The van der Waals surface area contributed by atoms with Gasteiger partial charge in [-0.1, -0.05) is 0 Å². The molecule has 2 atom stereocenters. The van der Waals surface area contributed by atoms with Crippen LogP contribution in [0.2, 0.25) is 0 Å². The van der Waals surface area contributed by atoms with Gasteiger partial charge in [0.1, 0.15) is 5.76 Å². The van der Waals surface area contributed by atoms with Gasteiger partial charge in [0, 0.05) is 38.5 Å². The van der Waals surface area contributed by atoms with Gasteiger partial charge in [0.25, 0.3) is 0 Å². The normalized spacial score (nSPS) is 27.4. The van der Waals surface area contributed by atoms with E-state index in [2.05, 4.69) is 10.2 Å². The molecule has 2 saturated heterocycles. The Kier molecular flexibility index (Phi) is 2.89. The second kappa shape index (κ2) is 4.53. The number of likely N-dealkylation sites (tertiary alicyclic amines) is 1. The molecular formula is C13H18N2O2. The molecule has 1 aromatic rings. The second-order valence-corrected chi connectivity index (χ2v) is 4.94. The highest BCUT2D eigenvalue weighted by molar-refractivity contribution is 5.77. The maximum absolute atomic E-state index is 12.1. The average molecular weight is 234 g/mol. The van der Waals surface area contributed by atoms with Gasteiger partial charge < -0.3 is 14.6 Å². The van der Waals surface area contributed by atoms with E-state index in [0.29, 0.717) is 24.8 Å². The van der Waals surface area contributed by atoms with E-state index in [4.69, 9.17) is 4.42 Å². The summed E-state index contributed by atoms with van der Waals surface area (Å²) in [6.45, 7) is 2.98. The van der Waals surface area contributed by atoms with Crippen molar-refractivity contribution in [3.63, 3.8) is 0 Å². The Bertz CT molecular complexity index is 388. The predicted octanol–water partition coefficient (Wildman–Crippen LogP) is 1.03. The summed E-state index contributed by atoms with van der Waals surface area (Å²) in [7, 11) is 0. The van der Waals surface area contributed by atoms with Crippen LogP contribution in [0.15, 0.2) is 22.8 Å². The smallest absolute Gasteiger partial charge is 0.223 e. The van der Waals surface area contributed by atoms with Crippen molar-refractivity contribution in [1.29, 1.82) is 0 Å². The fraction of sp³-hybridized carbons (Fsp3) is 0.615. The number of hydrogen-bond acceptors (Lipinski definition) is 3. The lowest BCUT2D eigenvalue weighted by Crippen LogP contribution is -2.39.